The summed E-state index contributed by atoms with van der Waals surface area (Å²) in [5.74, 6) is 2.82. The predicted octanol–water partition coefficient (Wildman–Crippen LogP) is 3.45. The highest BCUT2D eigenvalue weighted by molar-refractivity contribution is 5.92. The van der Waals surface area contributed by atoms with Gasteiger partial charge >= 0.3 is 0 Å². The highest BCUT2D eigenvalue weighted by atomic mass is 16.2. The molecule has 126 valence electrons. The zero-order chi connectivity index (χ0) is 16.2. The van der Waals surface area contributed by atoms with Gasteiger partial charge in [0.25, 0.3) is 5.91 Å². The van der Waals surface area contributed by atoms with Crippen LogP contribution in [0.3, 0.4) is 0 Å². The third kappa shape index (κ3) is 2.50. The molecule has 5 rings (SSSR count). The Morgan fingerprint density at radius 3 is 2.30 bits per heavy atom. The van der Waals surface area contributed by atoms with Gasteiger partial charge in [-0.2, -0.15) is 5.10 Å². The Hall–Kier alpha value is -1.32. The van der Waals surface area contributed by atoms with Crippen molar-refractivity contribution in [3.8, 4) is 0 Å². The lowest BCUT2D eigenvalue weighted by Crippen LogP contribution is -2.56. The van der Waals surface area contributed by atoms with Crippen molar-refractivity contribution in [3.63, 3.8) is 0 Å². The van der Waals surface area contributed by atoms with Crippen LogP contribution < -0.4 is 5.32 Å². The minimum Gasteiger partial charge on any atom is -0.347 e. The van der Waals surface area contributed by atoms with Crippen LogP contribution in [-0.4, -0.2) is 21.7 Å². The van der Waals surface area contributed by atoms with Crippen LogP contribution >= 0.6 is 0 Å². The maximum atomic E-state index is 12.8. The molecule has 4 aliphatic carbocycles. The van der Waals surface area contributed by atoms with Gasteiger partial charge in [0.1, 0.15) is 5.69 Å². The van der Waals surface area contributed by atoms with Gasteiger partial charge in [0.2, 0.25) is 0 Å². The predicted molar refractivity (Wildman–Crippen MR) is 90.1 cm³/mol. The minimum atomic E-state index is 0.0516. The minimum absolute atomic E-state index is 0.0516. The van der Waals surface area contributed by atoms with Gasteiger partial charge in [0.15, 0.2) is 0 Å². The number of nitrogens with one attached hydrogen (secondary N) is 1. The van der Waals surface area contributed by atoms with E-state index in [-0.39, 0.29) is 5.91 Å². The molecule has 0 aliphatic heterocycles. The lowest BCUT2D eigenvalue weighted by molar-refractivity contribution is -0.0727. The quantitative estimate of drug-likeness (QED) is 0.925. The Morgan fingerprint density at radius 2 is 1.87 bits per heavy atom. The standard InChI is InChI=1S/C19H29N3O/c1-4-17(20-18(23)16-5-12(2)21-22(16)3)19-9-13-6-14(10-19)8-15(7-13)11-19/h5,13-15,17H,4,6-11H2,1-3H3,(H,20,23). The highest BCUT2D eigenvalue weighted by Gasteiger charge is 2.54. The molecule has 4 fully saturated rings. The summed E-state index contributed by atoms with van der Waals surface area (Å²) in [5.41, 5.74) is 1.96. The molecule has 4 nitrogen and oxygen atoms in total. The largest absolute Gasteiger partial charge is 0.347 e. The van der Waals surface area contributed by atoms with Crippen LogP contribution in [0.15, 0.2) is 6.07 Å². The molecule has 1 N–H and O–H groups in total. The SMILES string of the molecule is CCC(NC(=O)c1cc(C)nn1C)C12CC3CC(CC(C3)C1)C2. The third-order valence-corrected chi connectivity index (χ3v) is 6.77. The lowest BCUT2D eigenvalue weighted by Gasteiger charge is -2.59. The van der Waals surface area contributed by atoms with Crippen LogP contribution in [0.5, 0.6) is 0 Å². The number of hydrogen-bond donors (Lipinski definition) is 1. The van der Waals surface area contributed by atoms with Crippen molar-refractivity contribution in [2.24, 2.45) is 30.2 Å². The number of aromatic nitrogens is 2. The van der Waals surface area contributed by atoms with Gasteiger partial charge in [-0.3, -0.25) is 9.48 Å². The number of amides is 1. The van der Waals surface area contributed by atoms with E-state index in [1.54, 1.807) is 4.68 Å². The fourth-order valence-electron chi connectivity index (χ4n) is 6.35. The molecule has 0 radical (unpaired) electrons. The Balaban J connectivity index is 1.55. The van der Waals surface area contributed by atoms with Crippen molar-refractivity contribution in [2.75, 3.05) is 0 Å². The molecular weight excluding hydrogens is 286 g/mol. The van der Waals surface area contributed by atoms with Crippen LogP contribution in [0.1, 0.15) is 68.1 Å². The second-order valence-corrected chi connectivity index (χ2v) is 8.51. The van der Waals surface area contributed by atoms with E-state index in [9.17, 15) is 4.79 Å². The molecule has 1 amide bonds. The van der Waals surface area contributed by atoms with Gasteiger partial charge in [-0.05, 0) is 81.1 Å². The molecule has 1 aromatic rings. The van der Waals surface area contributed by atoms with E-state index in [4.69, 9.17) is 0 Å². The molecule has 0 saturated heterocycles. The van der Waals surface area contributed by atoms with Crippen molar-refractivity contribution < 1.29 is 4.79 Å². The van der Waals surface area contributed by atoms with Gasteiger partial charge in [-0.25, -0.2) is 0 Å². The summed E-state index contributed by atoms with van der Waals surface area (Å²) in [7, 11) is 1.85. The van der Waals surface area contributed by atoms with Gasteiger partial charge in [0, 0.05) is 13.1 Å². The van der Waals surface area contributed by atoms with E-state index in [0.717, 1.165) is 29.9 Å². The van der Waals surface area contributed by atoms with E-state index in [2.05, 4.69) is 17.3 Å². The van der Waals surface area contributed by atoms with Crippen molar-refractivity contribution in [2.45, 2.75) is 64.8 Å². The Bertz CT molecular complexity index is 583. The van der Waals surface area contributed by atoms with Crippen LogP contribution in [-0.2, 0) is 7.05 Å². The van der Waals surface area contributed by atoms with Crippen molar-refractivity contribution in [1.29, 1.82) is 0 Å². The zero-order valence-electron chi connectivity index (χ0n) is 14.6. The maximum Gasteiger partial charge on any atom is 0.269 e. The third-order valence-electron chi connectivity index (χ3n) is 6.77. The summed E-state index contributed by atoms with van der Waals surface area (Å²) in [4.78, 5) is 12.8. The fraction of sp³-hybridized carbons (Fsp3) is 0.789. The summed E-state index contributed by atoms with van der Waals surface area (Å²) in [5, 5.41) is 7.71. The first kappa shape index (κ1) is 15.2. The summed E-state index contributed by atoms with van der Waals surface area (Å²) in [6.45, 7) is 4.17. The Kier molecular flexibility index (Phi) is 3.54. The van der Waals surface area contributed by atoms with Gasteiger partial charge in [0.05, 0.1) is 5.69 Å². The van der Waals surface area contributed by atoms with E-state index < -0.39 is 0 Å². The number of carbonyl (C=O) groups excluding carboxylic acids is 1. The van der Waals surface area contributed by atoms with Crippen LogP contribution in [0.25, 0.3) is 0 Å². The summed E-state index contributed by atoms with van der Waals surface area (Å²) in [6, 6.07) is 2.21. The van der Waals surface area contributed by atoms with Crippen LogP contribution in [0, 0.1) is 30.1 Å². The normalized spacial score (nSPS) is 36.2. The first-order chi connectivity index (χ1) is 11.0. The zero-order valence-corrected chi connectivity index (χ0v) is 14.6. The molecule has 1 aromatic heterocycles. The molecule has 0 aromatic carbocycles. The van der Waals surface area contributed by atoms with Crippen molar-refractivity contribution >= 4 is 5.91 Å². The second-order valence-electron chi connectivity index (χ2n) is 8.51. The summed E-state index contributed by atoms with van der Waals surface area (Å²) >= 11 is 0. The Labute approximate surface area is 139 Å². The van der Waals surface area contributed by atoms with E-state index in [1.807, 2.05) is 20.0 Å². The molecule has 4 saturated carbocycles. The number of hydrogen-bond acceptors (Lipinski definition) is 2. The van der Waals surface area contributed by atoms with Gasteiger partial charge in [-0.15, -0.1) is 0 Å². The highest BCUT2D eigenvalue weighted by Crippen LogP contribution is 2.61. The van der Waals surface area contributed by atoms with Crippen molar-refractivity contribution in [1.82, 2.24) is 15.1 Å². The van der Waals surface area contributed by atoms with Crippen LogP contribution in [0.4, 0.5) is 0 Å². The molecule has 4 bridgehead atoms. The molecule has 1 unspecified atom stereocenters. The average molecular weight is 315 g/mol. The number of carbonyl (C=O) groups is 1. The molecule has 4 aliphatic rings. The molecule has 23 heavy (non-hydrogen) atoms. The van der Waals surface area contributed by atoms with Gasteiger partial charge < -0.3 is 5.32 Å². The monoisotopic (exact) mass is 315 g/mol. The maximum absolute atomic E-state index is 12.8. The van der Waals surface area contributed by atoms with E-state index in [0.29, 0.717) is 17.2 Å². The fourth-order valence-corrected chi connectivity index (χ4v) is 6.35. The molecule has 1 heterocycles. The van der Waals surface area contributed by atoms with E-state index in [1.165, 1.54) is 38.5 Å². The second kappa shape index (κ2) is 5.35. The van der Waals surface area contributed by atoms with Crippen LogP contribution in [0.2, 0.25) is 0 Å². The first-order valence-corrected chi connectivity index (χ1v) is 9.30. The first-order valence-electron chi connectivity index (χ1n) is 9.30. The van der Waals surface area contributed by atoms with Crippen molar-refractivity contribution in [3.05, 3.63) is 17.5 Å². The topological polar surface area (TPSA) is 46.9 Å². The lowest BCUT2D eigenvalue weighted by atomic mass is 9.47. The molecule has 0 spiro atoms. The number of rotatable bonds is 4. The Morgan fingerprint density at radius 1 is 1.30 bits per heavy atom. The average Bonchev–Trinajstić information content (AvgIpc) is 2.81. The number of aryl methyl sites for hydroxylation is 2. The smallest absolute Gasteiger partial charge is 0.269 e. The number of nitrogens with zero attached hydrogens (tertiary/aromatic N) is 2. The summed E-state index contributed by atoms with van der Waals surface area (Å²) in [6.07, 6.45) is 9.39. The molecule has 1 atom stereocenters. The summed E-state index contributed by atoms with van der Waals surface area (Å²) < 4.78 is 1.71. The van der Waals surface area contributed by atoms with E-state index >= 15 is 0 Å². The molecular formula is C19H29N3O. The molecule has 4 heteroatoms. The van der Waals surface area contributed by atoms with Gasteiger partial charge in [-0.1, -0.05) is 6.92 Å².